The molecule has 1 N–H and O–H groups in total. The maximum atomic E-state index is 12.5. The molecule has 1 aliphatic carbocycles. The molecule has 124 valence electrons. The molecule has 0 aliphatic heterocycles. The molecule has 3 rings (SSSR count). The summed E-state index contributed by atoms with van der Waals surface area (Å²) in [6, 6.07) is 7.12. The SMILES string of the molecule is CCOc1ccc(C(=O)[C@@H](C)Sc2nc3c([nH]2)C(=O)C=C3C)cc1. The molecule has 6 heteroatoms. The summed E-state index contributed by atoms with van der Waals surface area (Å²) in [5.41, 5.74) is 2.67. The molecule has 1 aromatic heterocycles. The van der Waals surface area contributed by atoms with Gasteiger partial charge in [-0.25, -0.2) is 4.98 Å². The van der Waals surface area contributed by atoms with E-state index in [9.17, 15) is 9.59 Å². The predicted octanol–water partition coefficient (Wildman–Crippen LogP) is 3.77. The lowest BCUT2D eigenvalue weighted by Crippen LogP contribution is -2.13. The van der Waals surface area contributed by atoms with E-state index >= 15 is 0 Å². The number of imidazole rings is 1. The number of ether oxygens (including phenoxy) is 1. The van der Waals surface area contributed by atoms with Crippen LogP contribution in [0.3, 0.4) is 0 Å². The number of fused-ring (bicyclic) bond motifs is 1. The van der Waals surface area contributed by atoms with Crippen LogP contribution in [0.2, 0.25) is 0 Å². The Hall–Kier alpha value is -2.34. The number of hydrogen-bond donors (Lipinski definition) is 1. The van der Waals surface area contributed by atoms with E-state index in [0.717, 1.165) is 11.3 Å². The van der Waals surface area contributed by atoms with Gasteiger partial charge < -0.3 is 9.72 Å². The lowest BCUT2D eigenvalue weighted by Gasteiger charge is -2.09. The first kappa shape index (κ1) is 16.5. The highest BCUT2D eigenvalue weighted by molar-refractivity contribution is 8.00. The molecule has 2 aromatic rings. The van der Waals surface area contributed by atoms with Crippen LogP contribution in [0.4, 0.5) is 0 Å². The highest BCUT2D eigenvalue weighted by Crippen LogP contribution is 2.30. The van der Waals surface area contributed by atoms with E-state index in [1.54, 1.807) is 30.3 Å². The molecule has 0 saturated carbocycles. The topological polar surface area (TPSA) is 72.0 Å². The fourth-order valence-electron chi connectivity index (χ4n) is 2.55. The van der Waals surface area contributed by atoms with Gasteiger partial charge in [0, 0.05) is 5.56 Å². The van der Waals surface area contributed by atoms with Gasteiger partial charge in [-0.2, -0.15) is 0 Å². The average molecular weight is 342 g/mol. The van der Waals surface area contributed by atoms with Crippen molar-refractivity contribution in [2.75, 3.05) is 6.61 Å². The molecule has 1 heterocycles. The molecule has 1 aliphatic rings. The van der Waals surface area contributed by atoms with Gasteiger partial charge in [-0.15, -0.1) is 0 Å². The number of carbonyl (C=O) groups is 2. The minimum Gasteiger partial charge on any atom is -0.494 e. The number of aromatic nitrogens is 2. The van der Waals surface area contributed by atoms with E-state index in [0.29, 0.717) is 28.7 Å². The van der Waals surface area contributed by atoms with Gasteiger partial charge in [0.05, 0.1) is 17.6 Å². The number of carbonyl (C=O) groups excluding carboxylic acids is 2. The Kier molecular flexibility index (Phi) is 4.57. The molecule has 0 fully saturated rings. The summed E-state index contributed by atoms with van der Waals surface area (Å²) in [5.74, 6) is 0.697. The number of ketones is 2. The lowest BCUT2D eigenvalue weighted by atomic mass is 10.1. The van der Waals surface area contributed by atoms with Crippen molar-refractivity contribution in [1.82, 2.24) is 9.97 Å². The third-order valence-corrected chi connectivity index (χ3v) is 4.74. The van der Waals surface area contributed by atoms with Crippen LogP contribution in [0.5, 0.6) is 5.75 Å². The van der Waals surface area contributed by atoms with Crippen molar-refractivity contribution in [3.63, 3.8) is 0 Å². The smallest absolute Gasteiger partial charge is 0.204 e. The van der Waals surface area contributed by atoms with Crippen molar-refractivity contribution in [3.05, 3.63) is 47.3 Å². The Bertz CT molecular complexity index is 821. The summed E-state index contributed by atoms with van der Waals surface area (Å²) in [6.07, 6.45) is 1.57. The van der Waals surface area contributed by atoms with Crippen LogP contribution in [-0.2, 0) is 0 Å². The first-order chi connectivity index (χ1) is 11.5. The number of aromatic amines is 1. The molecule has 0 saturated heterocycles. The second kappa shape index (κ2) is 6.65. The van der Waals surface area contributed by atoms with Gasteiger partial charge >= 0.3 is 0 Å². The number of benzene rings is 1. The molecule has 1 atom stereocenters. The van der Waals surface area contributed by atoms with Gasteiger partial charge in [0.2, 0.25) is 5.78 Å². The van der Waals surface area contributed by atoms with Crippen LogP contribution in [0, 0.1) is 0 Å². The van der Waals surface area contributed by atoms with Gasteiger partial charge in [-0.05, 0) is 56.7 Å². The fraction of sp³-hybridized carbons (Fsp3) is 0.278. The Morgan fingerprint density at radius 3 is 2.67 bits per heavy atom. The van der Waals surface area contributed by atoms with Crippen molar-refractivity contribution in [2.24, 2.45) is 0 Å². The van der Waals surface area contributed by atoms with Gasteiger partial charge in [-0.3, -0.25) is 9.59 Å². The minimum absolute atomic E-state index is 0.0122. The third kappa shape index (κ3) is 3.14. The summed E-state index contributed by atoms with van der Waals surface area (Å²) >= 11 is 1.32. The predicted molar refractivity (Wildman–Crippen MR) is 93.8 cm³/mol. The number of hydrogen-bond acceptors (Lipinski definition) is 5. The fourth-order valence-corrected chi connectivity index (χ4v) is 3.43. The summed E-state index contributed by atoms with van der Waals surface area (Å²) in [4.78, 5) is 31.8. The Labute approximate surface area is 144 Å². The average Bonchev–Trinajstić information content (AvgIpc) is 3.09. The monoisotopic (exact) mass is 342 g/mol. The maximum absolute atomic E-state index is 12.5. The standard InChI is InChI=1S/C18H18N2O3S/c1-4-23-13-7-5-12(6-8-13)17(22)11(3)24-18-19-15-10(2)9-14(21)16(15)20-18/h5-9,11H,4H2,1-3H3,(H,19,20)/t11-/m1/s1. The molecule has 0 unspecified atom stereocenters. The zero-order chi connectivity index (χ0) is 17.3. The van der Waals surface area contributed by atoms with E-state index in [-0.39, 0.29) is 16.8 Å². The van der Waals surface area contributed by atoms with Gasteiger partial charge in [-0.1, -0.05) is 11.8 Å². The molecule has 0 radical (unpaired) electrons. The van der Waals surface area contributed by atoms with E-state index in [4.69, 9.17) is 4.74 Å². The quantitative estimate of drug-likeness (QED) is 0.639. The Morgan fingerprint density at radius 2 is 2.04 bits per heavy atom. The van der Waals surface area contributed by atoms with Crippen molar-refractivity contribution >= 4 is 28.9 Å². The van der Waals surface area contributed by atoms with Crippen LogP contribution in [-0.4, -0.2) is 33.4 Å². The summed E-state index contributed by atoms with van der Waals surface area (Å²) < 4.78 is 5.38. The minimum atomic E-state index is -0.311. The number of allylic oxidation sites excluding steroid dienone is 2. The van der Waals surface area contributed by atoms with E-state index < -0.39 is 0 Å². The first-order valence-electron chi connectivity index (χ1n) is 7.76. The highest BCUT2D eigenvalue weighted by atomic mass is 32.2. The van der Waals surface area contributed by atoms with E-state index in [1.807, 2.05) is 20.8 Å². The Balaban J connectivity index is 1.71. The van der Waals surface area contributed by atoms with Crippen molar-refractivity contribution in [3.8, 4) is 5.75 Å². The molecule has 0 amide bonds. The number of Topliss-reactive ketones (excluding diaryl/α,β-unsaturated/α-hetero) is 1. The molecule has 1 aromatic carbocycles. The molecule has 0 bridgehead atoms. The highest BCUT2D eigenvalue weighted by Gasteiger charge is 2.25. The summed E-state index contributed by atoms with van der Waals surface area (Å²) in [6.45, 7) is 6.20. The van der Waals surface area contributed by atoms with Crippen LogP contribution in [0.1, 0.15) is 47.3 Å². The van der Waals surface area contributed by atoms with Gasteiger partial charge in [0.1, 0.15) is 11.4 Å². The summed E-state index contributed by atoms with van der Waals surface area (Å²) in [7, 11) is 0. The molecule has 24 heavy (non-hydrogen) atoms. The number of thioether (sulfide) groups is 1. The third-order valence-electron chi connectivity index (χ3n) is 3.76. The summed E-state index contributed by atoms with van der Waals surface area (Å²) in [5, 5.41) is 0.279. The van der Waals surface area contributed by atoms with E-state index in [1.165, 1.54) is 11.8 Å². The van der Waals surface area contributed by atoms with Gasteiger partial charge in [0.15, 0.2) is 10.9 Å². The maximum Gasteiger partial charge on any atom is 0.204 e. The second-order valence-electron chi connectivity index (χ2n) is 5.54. The number of H-pyrrole nitrogens is 1. The number of nitrogens with zero attached hydrogens (tertiary/aromatic N) is 1. The lowest BCUT2D eigenvalue weighted by molar-refractivity contribution is 0.0993. The first-order valence-corrected chi connectivity index (χ1v) is 8.64. The molecular weight excluding hydrogens is 324 g/mol. The van der Waals surface area contributed by atoms with Crippen LogP contribution >= 0.6 is 11.8 Å². The molecule has 0 spiro atoms. The van der Waals surface area contributed by atoms with Crippen LogP contribution < -0.4 is 4.74 Å². The Morgan fingerprint density at radius 1 is 1.33 bits per heavy atom. The van der Waals surface area contributed by atoms with Crippen molar-refractivity contribution < 1.29 is 14.3 Å². The largest absolute Gasteiger partial charge is 0.494 e. The zero-order valence-electron chi connectivity index (χ0n) is 13.8. The second-order valence-corrected chi connectivity index (χ2v) is 6.87. The molecule has 5 nitrogen and oxygen atoms in total. The molecular formula is C18H18N2O3S. The zero-order valence-corrected chi connectivity index (χ0v) is 14.6. The van der Waals surface area contributed by atoms with E-state index in [2.05, 4.69) is 9.97 Å². The number of nitrogens with one attached hydrogen (secondary N) is 1. The van der Waals surface area contributed by atoms with Crippen molar-refractivity contribution in [1.29, 1.82) is 0 Å². The van der Waals surface area contributed by atoms with Crippen LogP contribution in [0.25, 0.3) is 5.57 Å². The number of rotatable bonds is 6. The van der Waals surface area contributed by atoms with Crippen molar-refractivity contribution in [2.45, 2.75) is 31.2 Å². The normalized spacial score (nSPS) is 14.3. The van der Waals surface area contributed by atoms with Crippen LogP contribution in [0.15, 0.2) is 35.5 Å². The van der Waals surface area contributed by atoms with Gasteiger partial charge in [0.25, 0.3) is 0 Å².